The van der Waals surface area contributed by atoms with Crippen LogP contribution in [0, 0.1) is 6.92 Å². The number of hydrogen-bond donors (Lipinski definition) is 2. The highest BCUT2D eigenvalue weighted by Gasteiger charge is 2.27. The number of benzene rings is 2. The maximum Gasteiger partial charge on any atom is 0.272 e. The molecule has 2 atom stereocenters. The number of carbonyl (C=O) groups excluding carboxylic acids is 3. The maximum atomic E-state index is 13.2. The molecule has 0 bridgehead atoms. The lowest BCUT2D eigenvalue weighted by Crippen LogP contribution is -2.45. The van der Waals surface area contributed by atoms with Crippen LogP contribution < -0.4 is 10.6 Å². The summed E-state index contributed by atoms with van der Waals surface area (Å²) >= 11 is 0. The van der Waals surface area contributed by atoms with Gasteiger partial charge in [-0.3, -0.25) is 19.1 Å². The lowest BCUT2D eigenvalue weighted by Gasteiger charge is -2.20. The summed E-state index contributed by atoms with van der Waals surface area (Å²) < 4.78 is 1.59. The predicted octanol–water partition coefficient (Wildman–Crippen LogP) is 3.23. The monoisotopic (exact) mass is 473 g/mol. The topological polar surface area (TPSA) is 96.3 Å². The van der Waals surface area contributed by atoms with E-state index in [9.17, 15) is 14.4 Å². The quantitative estimate of drug-likeness (QED) is 0.551. The molecule has 182 valence electrons. The second kappa shape index (κ2) is 10.5. The Labute approximate surface area is 205 Å². The highest BCUT2D eigenvalue weighted by atomic mass is 16.2. The number of aromatic nitrogens is 2. The summed E-state index contributed by atoms with van der Waals surface area (Å²) in [5.74, 6) is -0.939. The summed E-state index contributed by atoms with van der Waals surface area (Å²) in [6.07, 6.45) is 0.740. The van der Waals surface area contributed by atoms with Crippen LogP contribution in [0.3, 0.4) is 0 Å². The van der Waals surface area contributed by atoms with Crippen LogP contribution in [0.1, 0.15) is 64.0 Å². The normalized spacial score (nSPS) is 15.1. The smallest absolute Gasteiger partial charge is 0.272 e. The molecule has 0 aliphatic carbocycles. The Morgan fingerprint density at radius 2 is 1.71 bits per heavy atom. The van der Waals surface area contributed by atoms with E-state index < -0.39 is 11.9 Å². The number of hydrogen-bond acceptors (Lipinski definition) is 4. The van der Waals surface area contributed by atoms with E-state index in [4.69, 9.17) is 0 Å². The third-order valence-electron chi connectivity index (χ3n) is 6.21. The molecule has 3 amide bonds. The summed E-state index contributed by atoms with van der Waals surface area (Å²) in [5, 5.41) is 9.97. The molecule has 0 radical (unpaired) electrons. The zero-order valence-electron chi connectivity index (χ0n) is 20.3. The molecule has 2 unspecified atom stereocenters. The maximum absolute atomic E-state index is 13.2. The van der Waals surface area contributed by atoms with Gasteiger partial charge >= 0.3 is 0 Å². The SMILES string of the molecule is Cc1ccc(CN2CCCn3nc(C(=O)NC(C)C(=O)NC(C)c4ccccc4)cc3C2=O)cc1. The van der Waals surface area contributed by atoms with Crippen molar-refractivity contribution in [3.63, 3.8) is 0 Å². The lowest BCUT2D eigenvalue weighted by molar-refractivity contribution is -0.123. The first kappa shape index (κ1) is 24.2. The molecule has 0 saturated carbocycles. The molecular weight excluding hydrogens is 442 g/mol. The fourth-order valence-electron chi connectivity index (χ4n) is 4.11. The summed E-state index contributed by atoms with van der Waals surface area (Å²) in [7, 11) is 0. The highest BCUT2D eigenvalue weighted by Crippen LogP contribution is 2.17. The van der Waals surface area contributed by atoms with Crippen LogP contribution in [0.4, 0.5) is 0 Å². The molecule has 0 spiro atoms. The average Bonchev–Trinajstić information content (AvgIpc) is 3.23. The average molecular weight is 474 g/mol. The Kier molecular flexibility index (Phi) is 7.29. The Morgan fingerprint density at radius 1 is 1.00 bits per heavy atom. The summed E-state index contributed by atoms with van der Waals surface area (Å²) in [6.45, 7) is 7.21. The molecule has 2 N–H and O–H groups in total. The minimum atomic E-state index is -0.760. The van der Waals surface area contributed by atoms with E-state index in [1.165, 1.54) is 11.6 Å². The van der Waals surface area contributed by atoms with Crippen molar-refractivity contribution >= 4 is 17.7 Å². The van der Waals surface area contributed by atoms with Crippen LogP contribution >= 0.6 is 0 Å². The van der Waals surface area contributed by atoms with E-state index in [1.54, 1.807) is 16.5 Å². The van der Waals surface area contributed by atoms with Gasteiger partial charge in [-0.05, 0) is 38.3 Å². The van der Waals surface area contributed by atoms with Gasteiger partial charge in [0.1, 0.15) is 11.7 Å². The van der Waals surface area contributed by atoms with Crippen molar-refractivity contribution in [1.29, 1.82) is 0 Å². The number of fused-ring (bicyclic) bond motifs is 1. The van der Waals surface area contributed by atoms with Crippen LogP contribution in [0.15, 0.2) is 60.7 Å². The minimum absolute atomic E-state index is 0.126. The van der Waals surface area contributed by atoms with Gasteiger partial charge in [-0.2, -0.15) is 5.10 Å². The third-order valence-corrected chi connectivity index (χ3v) is 6.21. The van der Waals surface area contributed by atoms with E-state index >= 15 is 0 Å². The summed E-state index contributed by atoms with van der Waals surface area (Å²) in [5.41, 5.74) is 3.71. The second-order valence-electron chi connectivity index (χ2n) is 9.04. The van der Waals surface area contributed by atoms with E-state index in [-0.39, 0.29) is 23.6 Å². The van der Waals surface area contributed by atoms with Gasteiger partial charge in [0.15, 0.2) is 5.69 Å². The lowest BCUT2D eigenvalue weighted by atomic mass is 10.1. The molecule has 1 aliphatic rings. The van der Waals surface area contributed by atoms with Gasteiger partial charge < -0.3 is 15.5 Å². The fourth-order valence-corrected chi connectivity index (χ4v) is 4.11. The van der Waals surface area contributed by atoms with Crippen molar-refractivity contribution in [3.05, 3.63) is 88.7 Å². The third kappa shape index (κ3) is 5.77. The van der Waals surface area contributed by atoms with Crippen LogP contribution in [0.25, 0.3) is 0 Å². The van der Waals surface area contributed by atoms with Crippen molar-refractivity contribution in [2.24, 2.45) is 0 Å². The Bertz CT molecular complexity index is 1200. The first-order chi connectivity index (χ1) is 16.8. The Balaban J connectivity index is 1.40. The summed E-state index contributed by atoms with van der Waals surface area (Å²) in [6, 6.07) is 18.3. The van der Waals surface area contributed by atoms with Crippen molar-refractivity contribution in [1.82, 2.24) is 25.3 Å². The first-order valence-electron chi connectivity index (χ1n) is 11.9. The predicted molar refractivity (Wildman–Crippen MR) is 133 cm³/mol. The van der Waals surface area contributed by atoms with E-state index in [0.29, 0.717) is 25.3 Å². The van der Waals surface area contributed by atoms with Crippen molar-refractivity contribution in [2.75, 3.05) is 6.54 Å². The second-order valence-corrected chi connectivity index (χ2v) is 9.04. The first-order valence-corrected chi connectivity index (χ1v) is 11.9. The number of aryl methyl sites for hydroxylation is 2. The van der Waals surface area contributed by atoms with E-state index in [2.05, 4.69) is 15.7 Å². The van der Waals surface area contributed by atoms with Gasteiger partial charge in [0.25, 0.3) is 11.8 Å². The summed E-state index contributed by atoms with van der Waals surface area (Å²) in [4.78, 5) is 40.4. The molecule has 2 aromatic carbocycles. The Hall–Kier alpha value is -3.94. The number of rotatable bonds is 7. The van der Waals surface area contributed by atoms with Crippen LogP contribution in [-0.4, -0.2) is 45.0 Å². The molecule has 8 heteroatoms. The number of nitrogens with zero attached hydrogens (tertiary/aromatic N) is 3. The molecule has 35 heavy (non-hydrogen) atoms. The molecule has 0 fully saturated rings. The molecule has 4 rings (SSSR count). The number of amides is 3. The van der Waals surface area contributed by atoms with Crippen LogP contribution in [-0.2, 0) is 17.9 Å². The standard InChI is InChI=1S/C27H31N5O3/c1-18-10-12-21(13-11-18)17-31-14-7-15-32-24(27(31)35)16-23(30-32)26(34)29-20(3)25(33)28-19(2)22-8-5-4-6-9-22/h4-6,8-13,16,19-20H,7,14-15,17H2,1-3H3,(H,28,33)(H,29,34). The number of nitrogens with one attached hydrogen (secondary N) is 2. The van der Waals surface area contributed by atoms with Gasteiger partial charge in [-0.25, -0.2) is 0 Å². The zero-order valence-corrected chi connectivity index (χ0v) is 20.3. The molecule has 0 saturated heterocycles. The van der Waals surface area contributed by atoms with Crippen molar-refractivity contribution < 1.29 is 14.4 Å². The van der Waals surface area contributed by atoms with Gasteiger partial charge in [0.2, 0.25) is 5.91 Å². The van der Waals surface area contributed by atoms with Gasteiger partial charge in [-0.1, -0.05) is 60.2 Å². The van der Waals surface area contributed by atoms with Crippen molar-refractivity contribution in [3.8, 4) is 0 Å². The zero-order chi connectivity index (χ0) is 24.9. The highest BCUT2D eigenvalue weighted by molar-refractivity contribution is 5.99. The van der Waals surface area contributed by atoms with Gasteiger partial charge in [-0.15, -0.1) is 0 Å². The Morgan fingerprint density at radius 3 is 2.43 bits per heavy atom. The van der Waals surface area contributed by atoms with E-state index in [0.717, 1.165) is 17.5 Å². The fraction of sp³-hybridized carbons (Fsp3) is 0.333. The van der Waals surface area contributed by atoms with Crippen LogP contribution in [0.5, 0.6) is 0 Å². The molecule has 1 aliphatic heterocycles. The minimum Gasteiger partial charge on any atom is -0.348 e. The molecule has 8 nitrogen and oxygen atoms in total. The van der Waals surface area contributed by atoms with Crippen LogP contribution in [0.2, 0.25) is 0 Å². The number of carbonyl (C=O) groups is 3. The molecule has 3 aromatic rings. The largest absolute Gasteiger partial charge is 0.348 e. The van der Waals surface area contributed by atoms with Gasteiger partial charge in [0.05, 0.1) is 6.04 Å². The molecule has 2 heterocycles. The molecule has 1 aromatic heterocycles. The van der Waals surface area contributed by atoms with Crippen molar-refractivity contribution in [2.45, 2.75) is 52.4 Å². The van der Waals surface area contributed by atoms with Gasteiger partial charge in [0, 0.05) is 25.7 Å². The molecular formula is C27H31N5O3. The van der Waals surface area contributed by atoms with E-state index in [1.807, 2.05) is 68.4 Å².